The van der Waals surface area contributed by atoms with Crippen molar-refractivity contribution in [1.82, 2.24) is 0 Å². The molecule has 12 heavy (non-hydrogen) atoms. The van der Waals surface area contributed by atoms with Gasteiger partial charge in [-0.15, -0.1) is 11.8 Å². The molecule has 1 unspecified atom stereocenters. The van der Waals surface area contributed by atoms with Gasteiger partial charge >= 0.3 is 0 Å². The Bertz CT molecular complexity index is 231. The van der Waals surface area contributed by atoms with E-state index in [-0.39, 0.29) is 5.41 Å². The average molecular weight is 164 g/mol. The lowest BCUT2D eigenvalue weighted by molar-refractivity contribution is -0.130. The van der Waals surface area contributed by atoms with Gasteiger partial charge in [0.25, 0.3) is 0 Å². The Morgan fingerprint density at radius 2 is 2.25 bits per heavy atom. The van der Waals surface area contributed by atoms with Crippen LogP contribution < -0.4 is 0 Å². The van der Waals surface area contributed by atoms with Crippen LogP contribution in [0.2, 0.25) is 0 Å². The lowest BCUT2D eigenvalue weighted by atomic mass is 9.72. The van der Waals surface area contributed by atoms with E-state index >= 15 is 0 Å². The van der Waals surface area contributed by atoms with Gasteiger partial charge in [-0.1, -0.05) is 13.3 Å². The van der Waals surface area contributed by atoms with Crippen LogP contribution in [0.1, 0.15) is 46.0 Å². The Morgan fingerprint density at radius 1 is 1.50 bits per heavy atom. The van der Waals surface area contributed by atoms with Crippen molar-refractivity contribution in [2.24, 2.45) is 5.41 Å². The summed E-state index contributed by atoms with van der Waals surface area (Å²) < 4.78 is 0. The Morgan fingerprint density at radius 3 is 2.83 bits per heavy atom. The Hall–Kier alpha value is -0.770. The molecule has 0 amide bonds. The molecular formula is C11H16O. The molecule has 1 aliphatic rings. The third kappa shape index (κ3) is 1.88. The fourth-order valence-corrected chi connectivity index (χ4v) is 1.71. The highest BCUT2D eigenvalue weighted by Gasteiger charge is 2.33. The van der Waals surface area contributed by atoms with E-state index in [1.807, 2.05) is 6.92 Å². The summed E-state index contributed by atoms with van der Waals surface area (Å²) in [4.78, 5) is 11.6. The predicted molar refractivity (Wildman–Crippen MR) is 49.6 cm³/mol. The summed E-state index contributed by atoms with van der Waals surface area (Å²) in [5, 5.41) is 0. The number of rotatable bonds is 1. The van der Waals surface area contributed by atoms with Gasteiger partial charge in [-0.25, -0.2) is 0 Å². The van der Waals surface area contributed by atoms with Gasteiger partial charge in [0, 0.05) is 18.3 Å². The number of Topliss-reactive ketones (excluding diaryl/α,β-unsaturated/α-hetero) is 1. The third-order valence-electron chi connectivity index (χ3n) is 2.71. The van der Waals surface area contributed by atoms with Crippen molar-refractivity contribution in [1.29, 1.82) is 0 Å². The van der Waals surface area contributed by atoms with Crippen LogP contribution in [0.25, 0.3) is 0 Å². The number of carbonyl (C=O) groups excluding carboxylic acids is 1. The lowest BCUT2D eigenvalue weighted by Gasteiger charge is -2.29. The summed E-state index contributed by atoms with van der Waals surface area (Å²) >= 11 is 0. The van der Waals surface area contributed by atoms with Crippen LogP contribution in [0, 0.1) is 17.3 Å². The molecule has 66 valence electrons. The fraction of sp³-hybridized carbons (Fsp3) is 0.727. The van der Waals surface area contributed by atoms with E-state index in [4.69, 9.17) is 0 Å². The molecule has 0 aromatic rings. The molecular weight excluding hydrogens is 148 g/mol. The van der Waals surface area contributed by atoms with Gasteiger partial charge in [-0.2, -0.15) is 0 Å². The van der Waals surface area contributed by atoms with E-state index in [0.29, 0.717) is 5.78 Å². The zero-order chi connectivity index (χ0) is 9.03. The van der Waals surface area contributed by atoms with Gasteiger partial charge in [0.15, 0.2) is 0 Å². The summed E-state index contributed by atoms with van der Waals surface area (Å²) in [6.45, 7) is 3.88. The molecule has 1 fully saturated rings. The first-order chi connectivity index (χ1) is 5.69. The van der Waals surface area contributed by atoms with Crippen LogP contribution in [-0.4, -0.2) is 5.78 Å². The third-order valence-corrected chi connectivity index (χ3v) is 2.71. The van der Waals surface area contributed by atoms with Crippen molar-refractivity contribution in [3.05, 3.63) is 0 Å². The first kappa shape index (κ1) is 9.32. The van der Waals surface area contributed by atoms with Crippen LogP contribution in [0.3, 0.4) is 0 Å². The summed E-state index contributed by atoms with van der Waals surface area (Å²) in [6.07, 6.45) is 4.81. The molecule has 0 bridgehead atoms. The smallest absolute Gasteiger partial charge is 0.139 e. The molecule has 1 atom stereocenters. The predicted octanol–water partition coefficient (Wildman–Crippen LogP) is 2.55. The fourth-order valence-electron chi connectivity index (χ4n) is 1.71. The lowest BCUT2D eigenvalue weighted by Crippen LogP contribution is -2.30. The summed E-state index contributed by atoms with van der Waals surface area (Å²) in [5.74, 6) is 6.29. The first-order valence-corrected chi connectivity index (χ1v) is 4.62. The quantitative estimate of drug-likeness (QED) is 0.544. The molecule has 1 saturated carbocycles. The highest BCUT2D eigenvalue weighted by atomic mass is 16.1. The number of carbonyl (C=O) groups is 1. The molecule has 1 aliphatic carbocycles. The van der Waals surface area contributed by atoms with E-state index in [1.165, 1.54) is 6.42 Å². The van der Waals surface area contributed by atoms with Crippen LogP contribution in [0.4, 0.5) is 0 Å². The maximum atomic E-state index is 11.6. The number of ketones is 1. The molecule has 1 heteroatoms. The van der Waals surface area contributed by atoms with Gasteiger partial charge in [-0.05, 0) is 19.8 Å². The average Bonchev–Trinajstić information content (AvgIpc) is 2.07. The number of hydrogen-bond donors (Lipinski definition) is 0. The van der Waals surface area contributed by atoms with Gasteiger partial charge in [-0.3, -0.25) is 4.79 Å². The van der Waals surface area contributed by atoms with Crippen LogP contribution in [0.5, 0.6) is 0 Å². The molecule has 0 N–H and O–H groups in total. The number of hydrogen-bond acceptors (Lipinski definition) is 1. The maximum Gasteiger partial charge on any atom is 0.139 e. The van der Waals surface area contributed by atoms with Crippen molar-refractivity contribution in [2.75, 3.05) is 0 Å². The summed E-state index contributed by atoms with van der Waals surface area (Å²) in [6, 6.07) is 0. The zero-order valence-electron chi connectivity index (χ0n) is 7.94. The van der Waals surface area contributed by atoms with E-state index < -0.39 is 0 Å². The van der Waals surface area contributed by atoms with Crippen molar-refractivity contribution >= 4 is 5.78 Å². The van der Waals surface area contributed by atoms with Gasteiger partial charge in [0.2, 0.25) is 0 Å². The summed E-state index contributed by atoms with van der Waals surface area (Å²) in [5.41, 5.74) is -0.124. The van der Waals surface area contributed by atoms with E-state index in [1.54, 1.807) is 0 Å². The monoisotopic (exact) mass is 164 g/mol. The van der Waals surface area contributed by atoms with E-state index in [9.17, 15) is 4.79 Å². The largest absolute Gasteiger partial charge is 0.299 e. The minimum atomic E-state index is -0.124. The van der Waals surface area contributed by atoms with Crippen molar-refractivity contribution in [2.45, 2.75) is 46.0 Å². The minimum absolute atomic E-state index is 0.124. The van der Waals surface area contributed by atoms with Crippen LogP contribution in [0.15, 0.2) is 0 Å². The highest BCUT2D eigenvalue weighted by molar-refractivity contribution is 5.85. The van der Waals surface area contributed by atoms with Gasteiger partial charge in [0.1, 0.15) is 5.78 Å². The van der Waals surface area contributed by atoms with E-state index in [2.05, 4.69) is 18.8 Å². The first-order valence-electron chi connectivity index (χ1n) is 4.62. The topological polar surface area (TPSA) is 17.1 Å². The molecule has 0 saturated heterocycles. The second kappa shape index (κ2) is 3.76. The SMILES string of the molecule is CC#CCC1(C)CCCCC1=O. The highest BCUT2D eigenvalue weighted by Crippen LogP contribution is 2.35. The Balaban J connectivity index is 2.63. The normalized spacial score (nSPS) is 29.3. The van der Waals surface area contributed by atoms with Crippen molar-refractivity contribution in [3.63, 3.8) is 0 Å². The van der Waals surface area contributed by atoms with Crippen molar-refractivity contribution < 1.29 is 4.79 Å². The minimum Gasteiger partial charge on any atom is -0.299 e. The molecule has 1 nitrogen and oxygen atoms in total. The zero-order valence-corrected chi connectivity index (χ0v) is 7.94. The molecule has 0 aromatic carbocycles. The second-order valence-electron chi connectivity index (χ2n) is 3.79. The molecule has 1 rings (SSSR count). The molecule has 0 aliphatic heterocycles. The van der Waals surface area contributed by atoms with Crippen LogP contribution >= 0.6 is 0 Å². The van der Waals surface area contributed by atoms with Crippen LogP contribution in [-0.2, 0) is 4.79 Å². The standard InChI is InChI=1S/C11H16O/c1-3-4-8-11(2)9-6-5-7-10(11)12/h5-9H2,1-2H3. The maximum absolute atomic E-state index is 11.6. The Kier molecular flexibility index (Phi) is 2.92. The van der Waals surface area contributed by atoms with E-state index in [0.717, 1.165) is 25.7 Å². The summed E-state index contributed by atoms with van der Waals surface area (Å²) in [7, 11) is 0. The molecule has 0 radical (unpaired) electrons. The molecule has 0 aromatic heterocycles. The van der Waals surface area contributed by atoms with Gasteiger partial charge in [0.05, 0.1) is 0 Å². The molecule has 0 spiro atoms. The van der Waals surface area contributed by atoms with Crippen molar-refractivity contribution in [3.8, 4) is 11.8 Å². The Labute approximate surface area is 74.5 Å². The van der Waals surface area contributed by atoms with Gasteiger partial charge < -0.3 is 0 Å². The second-order valence-corrected chi connectivity index (χ2v) is 3.79. The molecule has 0 heterocycles.